The van der Waals surface area contributed by atoms with Crippen molar-refractivity contribution >= 4 is 11.5 Å². The smallest absolute Gasteiger partial charge is 0.167 e. The quantitative estimate of drug-likeness (QED) is 0.669. The van der Waals surface area contributed by atoms with E-state index in [1.165, 1.54) is 12.1 Å². The van der Waals surface area contributed by atoms with E-state index in [9.17, 15) is 13.6 Å². The van der Waals surface area contributed by atoms with Crippen LogP contribution in [0.4, 0.5) is 14.5 Å². The van der Waals surface area contributed by atoms with Crippen molar-refractivity contribution in [3.05, 3.63) is 65.2 Å². The minimum Gasteiger partial charge on any atom is -0.399 e. The molecule has 0 amide bonds. The summed E-state index contributed by atoms with van der Waals surface area (Å²) in [5.41, 5.74) is 6.62. The van der Waals surface area contributed by atoms with Gasteiger partial charge in [-0.1, -0.05) is 18.2 Å². The summed E-state index contributed by atoms with van der Waals surface area (Å²) in [5, 5.41) is 0. The molecule has 0 fully saturated rings. The highest BCUT2D eigenvalue weighted by atomic mass is 19.1. The molecular formula is C14H11F2NO. The van der Waals surface area contributed by atoms with Crippen molar-refractivity contribution in [2.24, 2.45) is 0 Å². The van der Waals surface area contributed by atoms with Gasteiger partial charge in [0.2, 0.25) is 0 Å². The molecule has 0 aliphatic rings. The molecular weight excluding hydrogens is 236 g/mol. The Morgan fingerprint density at radius 2 is 1.89 bits per heavy atom. The first-order valence-corrected chi connectivity index (χ1v) is 5.39. The first-order chi connectivity index (χ1) is 8.56. The van der Waals surface area contributed by atoms with Gasteiger partial charge in [0.1, 0.15) is 11.6 Å². The van der Waals surface area contributed by atoms with Gasteiger partial charge in [-0.15, -0.1) is 0 Å². The Hall–Kier alpha value is -2.23. The summed E-state index contributed by atoms with van der Waals surface area (Å²) in [6.45, 7) is 0. The number of carbonyl (C=O) groups is 1. The lowest BCUT2D eigenvalue weighted by atomic mass is 10.0. The van der Waals surface area contributed by atoms with Gasteiger partial charge in [-0.2, -0.15) is 0 Å². The average molecular weight is 247 g/mol. The van der Waals surface area contributed by atoms with Crippen LogP contribution in [0.15, 0.2) is 42.5 Å². The topological polar surface area (TPSA) is 43.1 Å². The van der Waals surface area contributed by atoms with Gasteiger partial charge in [-0.3, -0.25) is 4.79 Å². The molecule has 0 saturated heterocycles. The molecule has 2 aromatic rings. The monoisotopic (exact) mass is 247 g/mol. The zero-order valence-electron chi connectivity index (χ0n) is 9.49. The maximum Gasteiger partial charge on any atom is 0.167 e. The maximum absolute atomic E-state index is 13.4. The van der Waals surface area contributed by atoms with E-state index in [1.54, 1.807) is 18.2 Å². The number of nitrogen functional groups attached to an aromatic ring is 1. The van der Waals surface area contributed by atoms with Crippen molar-refractivity contribution < 1.29 is 13.6 Å². The zero-order chi connectivity index (χ0) is 13.1. The lowest BCUT2D eigenvalue weighted by molar-refractivity contribution is 0.0992. The fraction of sp³-hybridized carbons (Fsp3) is 0.0714. The first-order valence-electron chi connectivity index (χ1n) is 5.39. The third-order valence-electron chi connectivity index (χ3n) is 2.57. The van der Waals surface area contributed by atoms with Gasteiger partial charge in [0, 0.05) is 23.7 Å². The molecule has 0 heterocycles. The molecule has 0 saturated carbocycles. The van der Waals surface area contributed by atoms with E-state index in [0.29, 0.717) is 11.3 Å². The van der Waals surface area contributed by atoms with E-state index >= 15 is 0 Å². The van der Waals surface area contributed by atoms with E-state index in [4.69, 9.17) is 5.73 Å². The molecule has 0 aromatic heterocycles. The van der Waals surface area contributed by atoms with Gasteiger partial charge in [0.15, 0.2) is 5.78 Å². The molecule has 0 bridgehead atoms. The summed E-state index contributed by atoms with van der Waals surface area (Å²) in [6, 6.07) is 9.63. The number of hydrogen-bond donors (Lipinski definition) is 1. The highest BCUT2D eigenvalue weighted by Crippen LogP contribution is 2.14. The van der Waals surface area contributed by atoms with Crippen LogP contribution in [0.25, 0.3) is 0 Å². The Morgan fingerprint density at radius 3 is 2.56 bits per heavy atom. The maximum atomic E-state index is 13.4. The van der Waals surface area contributed by atoms with E-state index in [2.05, 4.69) is 0 Å². The lowest BCUT2D eigenvalue weighted by Gasteiger charge is -2.04. The second kappa shape index (κ2) is 4.96. The second-order valence-corrected chi connectivity index (χ2v) is 3.96. The molecule has 0 unspecified atom stereocenters. The summed E-state index contributed by atoms with van der Waals surface area (Å²) < 4.78 is 26.1. The van der Waals surface area contributed by atoms with Crippen LogP contribution in [0.3, 0.4) is 0 Å². The molecule has 2 nitrogen and oxygen atoms in total. The van der Waals surface area contributed by atoms with Crippen LogP contribution in [0.2, 0.25) is 0 Å². The molecule has 0 aliphatic heterocycles. The average Bonchev–Trinajstić information content (AvgIpc) is 2.32. The highest BCUT2D eigenvalue weighted by molar-refractivity contribution is 5.98. The largest absolute Gasteiger partial charge is 0.399 e. The highest BCUT2D eigenvalue weighted by Gasteiger charge is 2.11. The van der Waals surface area contributed by atoms with Gasteiger partial charge >= 0.3 is 0 Å². The van der Waals surface area contributed by atoms with Crippen molar-refractivity contribution in [3.63, 3.8) is 0 Å². The Kier molecular flexibility index (Phi) is 3.37. The van der Waals surface area contributed by atoms with Crippen molar-refractivity contribution in [2.45, 2.75) is 6.42 Å². The predicted molar refractivity (Wildman–Crippen MR) is 65.2 cm³/mol. The minimum atomic E-state index is -0.716. The van der Waals surface area contributed by atoms with Gasteiger partial charge < -0.3 is 5.73 Å². The fourth-order valence-corrected chi connectivity index (χ4v) is 1.65. The van der Waals surface area contributed by atoms with Crippen LogP contribution in [0.5, 0.6) is 0 Å². The molecule has 18 heavy (non-hydrogen) atoms. The SMILES string of the molecule is Nc1cccc(C(=O)Cc2ccc(F)cc2F)c1. The molecule has 2 N–H and O–H groups in total. The number of Topliss-reactive ketones (excluding diaryl/α,β-unsaturated/α-hetero) is 1. The van der Waals surface area contributed by atoms with Crippen molar-refractivity contribution in [3.8, 4) is 0 Å². The molecule has 0 spiro atoms. The van der Waals surface area contributed by atoms with Crippen molar-refractivity contribution in [1.82, 2.24) is 0 Å². The number of nitrogens with two attached hydrogens (primary N) is 1. The summed E-state index contributed by atoms with van der Waals surface area (Å²) in [4.78, 5) is 11.9. The van der Waals surface area contributed by atoms with Crippen LogP contribution in [-0.2, 0) is 6.42 Å². The summed E-state index contributed by atoms with van der Waals surface area (Å²) in [7, 11) is 0. The normalized spacial score (nSPS) is 10.3. The number of anilines is 1. The summed E-state index contributed by atoms with van der Waals surface area (Å²) >= 11 is 0. The Bertz CT molecular complexity index is 596. The number of benzene rings is 2. The van der Waals surface area contributed by atoms with Gasteiger partial charge in [0.25, 0.3) is 0 Å². The second-order valence-electron chi connectivity index (χ2n) is 3.96. The number of hydrogen-bond acceptors (Lipinski definition) is 2. The number of halogens is 2. The predicted octanol–water partition coefficient (Wildman–Crippen LogP) is 2.97. The van der Waals surface area contributed by atoms with Gasteiger partial charge in [0.05, 0.1) is 0 Å². The summed E-state index contributed by atoms with van der Waals surface area (Å²) in [6.07, 6.45) is -0.116. The molecule has 2 aromatic carbocycles. The van der Waals surface area contributed by atoms with Crippen LogP contribution in [-0.4, -0.2) is 5.78 Å². The van der Waals surface area contributed by atoms with E-state index < -0.39 is 11.6 Å². The van der Waals surface area contributed by atoms with Crippen LogP contribution in [0, 0.1) is 11.6 Å². The van der Waals surface area contributed by atoms with Gasteiger partial charge in [-0.25, -0.2) is 8.78 Å². The Labute approximate surface area is 103 Å². The fourth-order valence-electron chi connectivity index (χ4n) is 1.65. The third kappa shape index (κ3) is 2.71. The molecule has 0 radical (unpaired) electrons. The minimum absolute atomic E-state index is 0.116. The van der Waals surface area contributed by atoms with Crippen LogP contribution >= 0.6 is 0 Å². The Balaban J connectivity index is 2.21. The third-order valence-corrected chi connectivity index (χ3v) is 2.57. The number of rotatable bonds is 3. The Morgan fingerprint density at radius 1 is 1.11 bits per heavy atom. The molecule has 92 valence electrons. The van der Waals surface area contributed by atoms with Crippen LogP contribution < -0.4 is 5.73 Å². The number of carbonyl (C=O) groups excluding carboxylic acids is 1. The number of ketones is 1. The van der Waals surface area contributed by atoms with Crippen molar-refractivity contribution in [1.29, 1.82) is 0 Å². The van der Waals surface area contributed by atoms with E-state index in [-0.39, 0.29) is 17.8 Å². The molecule has 2 rings (SSSR count). The zero-order valence-corrected chi connectivity index (χ0v) is 9.49. The molecule has 4 heteroatoms. The van der Waals surface area contributed by atoms with Gasteiger partial charge in [-0.05, 0) is 23.8 Å². The molecule has 0 atom stereocenters. The molecule has 0 aliphatic carbocycles. The summed E-state index contributed by atoms with van der Waals surface area (Å²) in [5.74, 6) is -1.63. The lowest BCUT2D eigenvalue weighted by Crippen LogP contribution is -2.06. The standard InChI is InChI=1S/C14H11F2NO/c15-11-5-4-9(13(16)8-11)7-14(18)10-2-1-3-12(17)6-10/h1-6,8H,7,17H2. The van der Waals surface area contributed by atoms with E-state index in [1.807, 2.05) is 0 Å². The van der Waals surface area contributed by atoms with E-state index in [0.717, 1.165) is 12.1 Å². The van der Waals surface area contributed by atoms with Crippen molar-refractivity contribution in [2.75, 3.05) is 5.73 Å². The van der Waals surface area contributed by atoms with Crippen LogP contribution in [0.1, 0.15) is 15.9 Å². The first kappa shape index (κ1) is 12.2.